The van der Waals surface area contributed by atoms with Gasteiger partial charge in [0.1, 0.15) is 6.04 Å². The third-order valence-corrected chi connectivity index (χ3v) is 3.54. The number of aromatic nitrogens is 1. The number of hydrogen-bond donors (Lipinski definition) is 5. The van der Waals surface area contributed by atoms with E-state index in [4.69, 9.17) is 14.9 Å². The van der Waals surface area contributed by atoms with Gasteiger partial charge in [0, 0.05) is 23.5 Å². The Balaban J connectivity index is 2.16. The van der Waals surface area contributed by atoms with E-state index in [-0.39, 0.29) is 6.42 Å². The van der Waals surface area contributed by atoms with Gasteiger partial charge in [-0.1, -0.05) is 18.2 Å². The molecule has 0 saturated heterocycles. The Labute approximate surface area is 114 Å². The van der Waals surface area contributed by atoms with Crippen molar-refractivity contribution in [2.45, 2.75) is 12.5 Å². The van der Waals surface area contributed by atoms with Gasteiger partial charge in [0.05, 0.1) is 6.29 Å². The molecule has 20 heavy (non-hydrogen) atoms. The van der Waals surface area contributed by atoms with Crippen LogP contribution in [0.3, 0.4) is 0 Å². The minimum atomic E-state index is -4.28. The quantitative estimate of drug-likeness (QED) is 0.505. The Morgan fingerprint density at radius 3 is 2.70 bits per heavy atom. The summed E-state index contributed by atoms with van der Waals surface area (Å²) in [5, 5.41) is 12.4. The van der Waals surface area contributed by atoms with Crippen molar-refractivity contribution in [1.82, 2.24) is 10.3 Å². The average molecular weight is 298 g/mol. The zero-order chi connectivity index (χ0) is 14.8. The first-order chi connectivity index (χ1) is 9.37. The van der Waals surface area contributed by atoms with E-state index < -0.39 is 25.9 Å². The van der Waals surface area contributed by atoms with E-state index in [1.54, 1.807) is 6.20 Å². The summed E-state index contributed by atoms with van der Waals surface area (Å²) in [5.74, 6) is -1.15. The zero-order valence-electron chi connectivity index (χ0n) is 10.5. The lowest BCUT2D eigenvalue weighted by Gasteiger charge is -2.14. The second-order valence-corrected chi connectivity index (χ2v) is 6.13. The molecule has 0 saturated carbocycles. The van der Waals surface area contributed by atoms with Gasteiger partial charge < -0.3 is 19.9 Å². The highest BCUT2D eigenvalue weighted by molar-refractivity contribution is 7.51. The number of carbonyl (C=O) groups is 1. The number of carboxylic acids is 1. The first-order valence-electron chi connectivity index (χ1n) is 5.92. The summed E-state index contributed by atoms with van der Waals surface area (Å²) in [5.41, 5.74) is 1.67. The Hall–Kier alpha value is -1.66. The lowest BCUT2D eigenvalue weighted by Crippen LogP contribution is -2.38. The first kappa shape index (κ1) is 14.7. The molecule has 0 amide bonds. The molecular formula is C12H15N2O5P. The number of carboxylic acid groups (broad SMARTS) is 1. The molecule has 8 heteroatoms. The maximum Gasteiger partial charge on any atom is 0.339 e. The van der Waals surface area contributed by atoms with Crippen LogP contribution in [0.1, 0.15) is 5.56 Å². The number of aliphatic carboxylic acids is 1. The lowest BCUT2D eigenvalue weighted by molar-refractivity contribution is -0.139. The molecule has 0 unspecified atom stereocenters. The Kier molecular flexibility index (Phi) is 4.25. The van der Waals surface area contributed by atoms with Crippen molar-refractivity contribution in [3.05, 3.63) is 36.0 Å². The fourth-order valence-corrected chi connectivity index (χ4v) is 2.45. The molecule has 0 fully saturated rings. The van der Waals surface area contributed by atoms with Crippen LogP contribution in [-0.4, -0.2) is 38.2 Å². The van der Waals surface area contributed by atoms with Gasteiger partial charge in [0.15, 0.2) is 0 Å². The molecule has 0 radical (unpaired) electrons. The molecule has 1 aromatic carbocycles. The molecule has 1 atom stereocenters. The van der Waals surface area contributed by atoms with E-state index in [0.29, 0.717) is 0 Å². The monoisotopic (exact) mass is 298 g/mol. The standard InChI is InChI=1S/C12H15N2O5P/c15-12(16)11(14-7-20(17,18)19)5-8-6-13-10-4-2-1-3-9(8)10/h1-4,6,11,13-14H,5,7H2,(H,15,16)(H2,17,18,19)/t11-/m0/s1. The summed E-state index contributed by atoms with van der Waals surface area (Å²) in [6, 6.07) is 6.39. The third-order valence-electron chi connectivity index (χ3n) is 2.94. The van der Waals surface area contributed by atoms with E-state index in [2.05, 4.69) is 10.3 Å². The van der Waals surface area contributed by atoms with E-state index in [1.165, 1.54) is 0 Å². The summed E-state index contributed by atoms with van der Waals surface area (Å²) in [7, 11) is -4.28. The Bertz CT molecular complexity index is 663. The summed E-state index contributed by atoms with van der Waals surface area (Å²) in [6.07, 6.45) is 1.19. The molecule has 0 aliphatic heterocycles. The molecule has 2 aromatic rings. The van der Waals surface area contributed by atoms with Crippen LogP contribution in [0.4, 0.5) is 0 Å². The second-order valence-electron chi connectivity index (χ2n) is 4.48. The SMILES string of the molecule is O=C(O)[C@H](Cc1c[nH]c2ccccc12)NCP(=O)(O)O. The first-order valence-corrected chi connectivity index (χ1v) is 7.72. The summed E-state index contributed by atoms with van der Waals surface area (Å²) in [6.45, 7) is 0. The minimum absolute atomic E-state index is 0.138. The molecule has 0 bridgehead atoms. The smallest absolute Gasteiger partial charge is 0.339 e. The minimum Gasteiger partial charge on any atom is -0.480 e. The van der Waals surface area contributed by atoms with Gasteiger partial charge in [-0.2, -0.15) is 0 Å². The third kappa shape index (κ3) is 3.68. The Morgan fingerprint density at radius 1 is 1.35 bits per heavy atom. The molecule has 7 nitrogen and oxygen atoms in total. The van der Waals surface area contributed by atoms with Crippen LogP contribution in [0.5, 0.6) is 0 Å². The van der Waals surface area contributed by atoms with Gasteiger partial charge >= 0.3 is 13.6 Å². The van der Waals surface area contributed by atoms with Crippen LogP contribution in [0, 0.1) is 0 Å². The molecule has 0 spiro atoms. The topological polar surface area (TPSA) is 123 Å². The molecule has 108 valence electrons. The number of nitrogens with one attached hydrogen (secondary N) is 2. The summed E-state index contributed by atoms with van der Waals surface area (Å²) < 4.78 is 10.8. The van der Waals surface area contributed by atoms with Gasteiger partial charge in [-0.3, -0.25) is 14.7 Å². The van der Waals surface area contributed by atoms with Crippen molar-refractivity contribution in [2.24, 2.45) is 0 Å². The van der Waals surface area contributed by atoms with Crippen molar-refractivity contribution >= 4 is 24.5 Å². The van der Waals surface area contributed by atoms with Crippen molar-refractivity contribution < 1.29 is 24.3 Å². The maximum absolute atomic E-state index is 11.2. The van der Waals surface area contributed by atoms with Gasteiger partial charge in [-0.25, -0.2) is 0 Å². The van der Waals surface area contributed by atoms with Crippen LogP contribution < -0.4 is 5.32 Å². The molecule has 2 rings (SSSR count). The zero-order valence-corrected chi connectivity index (χ0v) is 11.4. The second kappa shape index (κ2) is 5.76. The molecule has 1 heterocycles. The number of H-pyrrole nitrogens is 1. The predicted molar refractivity (Wildman–Crippen MR) is 73.5 cm³/mol. The van der Waals surface area contributed by atoms with Crippen molar-refractivity contribution in [3.63, 3.8) is 0 Å². The van der Waals surface area contributed by atoms with E-state index in [9.17, 15) is 9.36 Å². The van der Waals surface area contributed by atoms with Crippen LogP contribution >= 0.6 is 7.60 Å². The summed E-state index contributed by atoms with van der Waals surface area (Å²) >= 11 is 0. The van der Waals surface area contributed by atoms with Crippen molar-refractivity contribution in [1.29, 1.82) is 0 Å². The fourth-order valence-electron chi connectivity index (χ4n) is 2.00. The highest BCUT2D eigenvalue weighted by atomic mass is 31.2. The van der Waals surface area contributed by atoms with Gasteiger partial charge in [0.25, 0.3) is 0 Å². The number of rotatable bonds is 6. The Morgan fingerprint density at radius 2 is 2.05 bits per heavy atom. The molecule has 1 aromatic heterocycles. The van der Waals surface area contributed by atoms with Gasteiger partial charge in [-0.15, -0.1) is 0 Å². The van der Waals surface area contributed by atoms with Crippen molar-refractivity contribution in [3.8, 4) is 0 Å². The fraction of sp³-hybridized carbons (Fsp3) is 0.250. The van der Waals surface area contributed by atoms with E-state index >= 15 is 0 Å². The number of fused-ring (bicyclic) bond motifs is 1. The van der Waals surface area contributed by atoms with E-state index in [1.807, 2.05) is 24.3 Å². The van der Waals surface area contributed by atoms with E-state index in [0.717, 1.165) is 16.5 Å². The number of benzene rings is 1. The average Bonchev–Trinajstić information content (AvgIpc) is 2.76. The predicted octanol–water partition coefficient (Wildman–Crippen LogP) is 0.888. The van der Waals surface area contributed by atoms with Gasteiger partial charge in [0.2, 0.25) is 0 Å². The van der Waals surface area contributed by atoms with Crippen LogP contribution in [-0.2, 0) is 15.8 Å². The van der Waals surface area contributed by atoms with Crippen molar-refractivity contribution in [2.75, 3.05) is 6.29 Å². The van der Waals surface area contributed by atoms with Crippen LogP contribution in [0.15, 0.2) is 30.5 Å². The summed E-state index contributed by atoms with van der Waals surface area (Å²) in [4.78, 5) is 31.8. The highest BCUT2D eigenvalue weighted by Crippen LogP contribution is 2.32. The maximum atomic E-state index is 11.2. The molecule has 0 aliphatic carbocycles. The lowest BCUT2D eigenvalue weighted by atomic mass is 10.1. The number of hydrogen-bond acceptors (Lipinski definition) is 3. The van der Waals surface area contributed by atoms with Gasteiger partial charge in [-0.05, 0) is 11.6 Å². The molecule has 5 N–H and O–H groups in total. The van der Waals surface area contributed by atoms with Crippen LogP contribution in [0.2, 0.25) is 0 Å². The highest BCUT2D eigenvalue weighted by Gasteiger charge is 2.23. The largest absolute Gasteiger partial charge is 0.480 e. The number of para-hydroxylation sites is 1. The van der Waals surface area contributed by atoms with Crippen LogP contribution in [0.25, 0.3) is 10.9 Å². The molecule has 0 aliphatic rings. The normalized spacial score (nSPS) is 13.5. The molecular weight excluding hydrogens is 283 g/mol. The number of aromatic amines is 1.